The summed E-state index contributed by atoms with van der Waals surface area (Å²) >= 11 is 0. The van der Waals surface area contributed by atoms with E-state index in [9.17, 15) is 19.7 Å². The average molecular weight is 380 g/mol. The fourth-order valence-electron chi connectivity index (χ4n) is 2.69. The Kier molecular flexibility index (Phi) is 5.12. The number of nitro benzene ring substituents is 1. The van der Waals surface area contributed by atoms with Gasteiger partial charge in [-0.05, 0) is 18.6 Å². The van der Waals surface area contributed by atoms with E-state index in [1.165, 1.54) is 22.9 Å². The van der Waals surface area contributed by atoms with Crippen molar-refractivity contribution >= 4 is 17.5 Å². The summed E-state index contributed by atoms with van der Waals surface area (Å²) in [5, 5.41) is 21.3. The molecule has 3 rings (SSSR count). The zero-order chi connectivity index (χ0) is 20.3. The number of amides is 2. The van der Waals surface area contributed by atoms with Crippen molar-refractivity contribution in [2.45, 2.75) is 13.0 Å². The van der Waals surface area contributed by atoms with Crippen molar-refractivity contribution in [3.8, 4) is 5.69 Å². The highest BCUT2D eigenvalue weighted by molar-refractivity contribution is 5.96. The van der Waals surface area contributed by atoms with Crippen molar-refractivity contribution < 1.29 is 14.5 Å². The molecular weight excluding hydrogens is 364 g/mol. The van der Waals surface area contributed by atoms with Crippen molar-refractivity contribution in [2.75, 3.05) is 0 Å². The molecule has 3 N–H and O–H groups in total. The van der Waals surface area contributed by atoms with E-state index in [1.807, 2.05) is 0 Å². The maximum Gasteiger partial charge on any atom is 0.274 e. The lowest BCUT2D eigenvalue weighted by Crippen LogP contribution is -2.37. The van der Waals surface area contributed by atoms with Crippen molar-refractivity contribution in [1.29, 1.82) is 0 Å². The fraction of sp³-hybridized carbons (Fsp3) is 0.111. The van der Waals surface area contributed by atoms with Crippen LogP contribution in [0.25, 0.3) is 5.69 Å². The first-order chi connectivity index (χ1) is 13.4. The summed E-state index contributed by atoms with van der Waals surface area (Å²) in [5.41, 5.74) is 6.55. The van der Waals surface area contributed by atoms with E-state index in [0.29, 0.717) is 16.9 Å². The number of carbonyl (C=O) groups excluding carboxylic acids is 2. The first kappa shape index (κ1) is 18.7. The molecule has 142 valence electrons. The SMILES string of the molecule is Cc1c(C(=O)NC(C(N)=O)c2ccccc2)nnn1-c1cccc([N+](=O)[O-])c1. The molecule has 2 aromatic carbocycles. The summed E-state index contributed by atoms with van der Waals surface area (Å²) in [7, 11) is 0. The average Bonchev–Trinajstić information content (AvgIpc) is 3.08. The van der Waals surface area contributed by atoms with Gasteiger partial charge in [-0.3, -0.25) is 19.7 Å². The maximum atomic E-state index is 12.6. The standard InChI is InChI=1S/C18H16N6O4/c1-11-15(18(26)20-16(17(19)25)12-6-3-2-4-7-12)21-22-23(11)13-8-5-9-14(10-13)24(27)28/h2-10,16H,1H3,(H2,19,25)(H,20,26). The number of rotatable bonds is 6. The third kappa shape index (κ3) is 3.70. The molecule has 0 fully saturated rings. The molecule has 1 heterocycles. The van der Waals surface area contributed by atoms with Crippen LogP contribution in [0.5, 0.6) is 0 Å². The highest BCUT2D eigenvalue weighted by atomic mass is 16.6. The van der Waals surface area contributed by atoms with E-state index in [2.05, 4.69) is 15.6 Å². The van der Waals surface area contributed by atoms with Crippen LogP contribution in [-0.2, 0) is 4.79 Å². The number of benzene rings is 2. The highest BCUT2D eigenvalue weighted by Crippen LogP contribution is 2.19. The van der Waals surface area contributed by atoms with Crippen LogP contribution in [0.15, 0.2) is 54.6 Å². The zero-order valence-electron chi connectivity index (χ0n) is 14.8. The summed E-state index contributed by atoms with van der Waals surface area (Å²) in [4.78, 5) is 34.8. The Bertz CT molecular complexity index is 1050. The van der Waals surface area contributed by atoms with Gasteiger partial charge < -0.3 is 11.1 Å². The van der Waals surface area contributed by atoms with Crippen molar-refractivity contribution in [3.05, 3.63) is 81.7 Å². The summed E-state index contributed by atoms with van der Waals surface area (Å²) in [6.45, 7) is 1.59. The van der Waals surface area contributed by atoms with Crippen LogP contribution < -0.4 is 11.1 Å². The van der Waals surface area contributed by atoms with Gasteiger partial charge in [0.15, 0.2) is 5.69 Å². The molecule has 1 unspecified atom stereocenters. The second-order valence-corrected chi connectivity index (χ2v) is 5.93. The van der Waals surface area contributed by atoms with Gasteiger partial charge in [0.2, 0.25) is 5.91 Å². The normalized spacial score (nSPS) is 11.6. The van der Waals surface area contributed by atoms with Crippen molar-refractivity contribution in [2.24, 2.45) is 5.73 Å². The Labute approximate surface area is 159 Å². The molecule has 0 radical (unpaired) electrons. The number of nitrogens with two attached hydrogens (primary N) is 1. The Balaban J connectivity index is 1.89. The van der Waals surface area contributed by atoms with Crippen molar-refractivity contribution in [3.63, 3.8) is 0 Å². The number of aromatic nitrogens is 3. The molecule has 10 nitrogen and oxygen atoms in total. The minimum atomic E-state index is -1.03. The molecule has 1 aromatic heterocycles. The van der Waals surface area contributed by atoms with Crippen LogP contribution >= 0.6 is 0 Å². The Morgan fingerprint density at radius 3 is 2.54 bits per heavy atom. The largest absolute Gasteiger partial charge is 0.368 e. The molecule has 0 bridgehead atoms. The van der Waals surface area contributed by atoms with Gasteiger partial charge >= 0.3 is 0 Å². The summed E-state index contributed by atoms with van der Waals surface area (Å²) < 4.78 is 1.31. The number of carbonyl (C=O) groups is 2. The molecule has 0 aliphatic rings. The molecular formula is C18H16N6O4. The molecule has 0 spiro atoms. The Morgan fingerprint density at radius 1 is 1.18 bits per heavy atom. The van der Waals surface area contributed by atoms with Gasteiger partial charge in [0.1, 0.15) is 6.04 Å². The summed E-state index contributed by atoms with van der Waals surface area (Å²) in [6.07, 6.45) is 0. The quantitative estimate of drug-likeness (QED) is 0.489. The molecule has 28 heavy (non-hydrogen) atoms. The molecule has 3 aromatic rings. The van der Waals surface area contributed by atoms with Crippen molar-refractivity contribution in [1.82, 2.24) is 20.3 Å². The number of hydrogen-bond acceptors (Lipinski definition) is 6. The molecule has 10 heteroatoms. The fourth-order valence-corrected chi connectivity index (χ4v) is 2.69. The molecule has 0 saturated carbocycles. The highest BCUT2D eigenvalue weighted by Gasteiger charge is 2.24. The lowest BCUT2D eigenvalue weighted by atomic mass is 10.1. The lowest BCUT2D eigenvalue weighted by Gasteiger charge is -2.15. The molecule has 1 atom stereocenters. The third-order valence-corrected chi connectivity index (χ3v) is 4.09. The topological polar surface area (TPSA) is 146 Å². The zero-order valence-corrected chi connectivity index (χ0v) is 14.8. The molecule has 0 aliphatic carbocycles. The van der Waals surface area contributed by atoms with Gasteiger partial charge in [-0.15, -0.1) is 5.10 Å². The Morgan fingerprint density at radius 2 is 1.89 bits per heavy atom. The van der Waals surface area contributed by atoms with E-state index >= 15 is 0 Å². The lowest BCUT2D eigenvalue weighted by molar-refractivity contribution is -0.384. The van der Waals surface area contributed by atoms with E-state index in [1.54, 1.807) is 43.3 Å². The van der Waals surface area contributed by atoms with E-state index in [0.717, 1.165) is 0 Å². The Hall–Kier alpha value is -4.08. The van der Waals surface area contributed by atoms with E-state index in [-0.39, 0.29) is 11.4 Å². The van der Waals surface area contributed by atoms with Crippen LogP contribution in [-0.4, -0.2) is 31.7 Å². The second kappa shape index (κ2) is 7.66. The molecule has 0 saturated heterocycles. The predicted molar refractivity (Wildman–Crippen MR) is 98.6 cm³/mol. The minimum Gasteiger partial charge on any atom is -0.368 e. The summed E-state index contributed by atoms with van der Waals surface area (Å²) in [5.74, 6) is -1.36. The smallest absolute Gasteiger partial charge is 0.274 e. The number of primary amides is 1. The van der Waals surface area contributed by atoms with E-state index < -0.39 is 22.8 Å². The van der Waals surface area contributed by atoms with Gasteiger partial charge in [-0.25, -0.2) is 4.68 Å². The van der Waals surface area contributed by atoms with Gasteiger partial charge in [0.05, 0.1) is 16.3 Å². The van der Waals surface area contributed by atoms with Crippen LogP contribution in [0.3, 0.4) is 0 Å². The van der Waals surface area contributed by atoms with Crippen LogP contribution in [0, 0.1) is 17.0 Å². The van der Waals surface area contributed by atoms with Crippen LogP contribution in [0.4, 0.5) is 5.69 Å². The van der Waals surface area contributed by atoms with Gasteiger partial charge in [-0.1, -0.05) is 41.6 Å². The maximum absolute atomic E-state index is 12.6. The van der Waals surface area contributed by atoms with E-state index in [4.69, 9.17) is 5.73 Å². The number of non-ortho nitro benzene ring substituents is 1. The van der Waals surface area contributed by atoms with Gasteiger partial charge in [0, 0.05) is 12.1 Å². The second-order valence-electron chi connectivity index (χ2n) is 5.93. The third-order valence-electron chi connectivity index (χ3n) is 4.09. The molecule has 0 aliphatic heterocycles. The van der Waals surface area contributed by atoms with Crippen LogP contribution in [0.2, 0.25) is 0 Å². The van der Waals surface area contributed by atoms with Crippen LogP contribution in [0.1, 0.15) is 27.8 Å². The monoisotopic (exact) mass is 380 g/mol. The number of nitrogens with one attached hydrogen (secondary N) is 1. The van der Waals surface area contributed by atoms with Gasteiger partial charge in [-0.2, -0.15) is 0 Å². The number of nitro groups is 1. The summed E-state index contributed by atoms with van der Waals surface area (Å²) in [6, 6.07) is 13.3. The number of nitrogens with zero attached hydrogens (tertiary/aromatic N) is 4. The predicted octanol–water partition coefficient (Wildman–Crippen LogP) is 1.44. The number of hydrogen-bond donors (Lipinski definition) is 2. The van der Waals surface area contributed by atoms with Gasteiger partial charge in [0.25, 0.3) is 11.6 Å². The first-order valence-electron chi connectivity index (χ1n) is 8.20. The molecule has 2 amide bonds. The first-order valence-corrected chi connectivity index (χ1v) is 8.20. The minimum absolute atomic E-state index is 0.0197.